The summed E-state index contributed by atoms with van der Waals surface area (Å²) in [6.45, 7) is 3.91. The first-order chi connectivity index (χ1) is 15.3. The van der Waals surface area contributed by atoms with E-state index < -0.39 is 30.1 Å². The zero-order valence-corrected chi connectivity index (χ0v) is 18.5. The molecule has 2 atom stereocenters. The molecule has 0 radical (unpaired) electrons. The molecule has 0 heterocycles. The third-order valence-electron chi connectivity index (χ3n) is 4.71. The predicted octanol–water partition coefficient (Wildman–Crippen LogP) is 2.93. The number of rotatable bonds is 10. The van der Waals surface area contributed by atoms with E-state index in [1.165, 1.54) is 19.2 Å². The highest BCUT2D eigenvalue weighted by molar-refractivity contribution is 5.89. The van der Waals surface area contributed by atoms with Crippen LogP contribution in [0.5, 0.6) is 5.75 Å². The molecular formula is C24H30N2O6. The van der Waals surface area contributed by atoms with Crippen LogP contribution in [0.25, 0.3) is 0 Å². The molecular weight excluding hydrogens is 412 g/mol. The average molecular weight is 443 g/mol. The van der Waals surface area contributed by atoms with Crippen molar-refractivity contribution in [3.05, 3.63) is 65.7 Å². The van der Waals surface area contributed by atoms with Gasteiger partial charge in [0.15, 0.2) is 0 Å². The first-order valence-electron chi connectivity index (χ1n) is 10.4. The van der Waals surface area contributed by atoms with Gasteiger partial charge in [-0.2, -0.15) is 0 Å². The molecule has 3 N–H and O–H groups in total. The normalized spacial score (nSPS) is 12.5. The van der Waals surface area contributed by atoms with Crippen molar-refractivity contribution in [2.45, 2.75) is 45.4 Å². The van der Waals surface area contributed by atoms with Gasteiger partial charge in [-0.3, -0.25) is 4.79 Å². The smallest absolute Gasteiger partial charge is 0.408 e. The Morgan fingerprint density at radius 3 is 2.16 bits per heavy atom. The van der Waals surface area contributed by atoms with Crippen LogP contribution in [0.15, 0.2) is 54.6 Å². The average Bonchev–Trinajstić information content (AvgIpc) is 2.78. The molecule has 8 heteroatoms. The maximum absolute atomic E-state index is 13.0. The highest BCUT2D eigenvalue weighted by atomic mass is 16.5. The number of alkyl carbamates (subject to hydrolysis) is 1. The van der Waals surface area contributed by atoms with Gasteiger partial charge < -0.3 is 25.2 Å². The van der Waals surface area contributed by atoms with Crippen LogP contribution in [0.2, 0.25) is 0 Å². The molecule has 32 heavy (non-hydrogen) atoms. The highest BCUT2D eigenvalue weighted by Gasteiger charge is 2.28. The van der Waals surface area contributed by atoms with Crippen LogP contribution in [0, 0.1) is 5.92 Å². The number of esters is 1. The molecule has 0 aliphatic heterocycles. The number of ether oxygens (including phenoxy) is 2. The number of carbonyl (C=O) groups is 3. The second-order valence-corrected chi connectivity index (χ2v) is 7.84. The molecule has 0 unspecified atom stereocenters. The molecule has 8 nitrogen and oxygen atoms in total. The number of hydrogen-bond acceptors (Lipinski definition) is 6. The lowest BCUT2D eigenvalue weighted by atomic mass is 10.0. The van der Waals surface area contributed by atoms with Gasteiger partial charge in [0, 0.05) is 6.42 Å². The van der Waals surface area contributed by atoms with Gasteiger partial charge in [0.2, 0.25) is 5.91 Å². The Bertz CT molecular complexity index is 883. The minimum atomic E-state index is -0.998. The summed E-state index contributed by atoms with van der Waals surface area (Å²) in [6, 6.07) is 13.6. The van der Waals surface area contributed by atoms with Crippen molar-refractivity contribution in [3.8, 4) is 5.75 Å². The SMILES string of the molecule is COC(=O)[C@H](CC(C)C)NC(=O)[C@@H](Cc1ccc(O)cc1)NC(=O)OCc1ccccc1. The van der Waals surface area contributed by atoms with Gasteiger partial charge >= 0.3 is 12.1 Å². The summed E-state index contributed by atoms with van der Waals surface area (Å²) in [5.41, 5.74) is 1.52. The Labute approximate surface area is 187 Å². The third kappa shape index (κ3) is 8.29. The van der Waals surface area contributed by atoms with E-state index in [-0.39, 0.29) is 24.7 Å². The number of phenols is 1. The molecule has 0 spiro atoms. The number of aromatic hydroxyl groups is 1. The van der Waals surface area contributed by atoms with Crippen LogP contribution in [-0.4, -0.2) is 42.3 Å². The fraction of sp³-hybridized carbons (Fsp3) is 0.375. The molecule has 2 aromatic carbocycles. The van der Waals surface area contributed by atoms with Gasteiger partial charge in [-0.15, -0.1) is 0 Å². The Morgan fingerprint density at radius 1 is 0.906 bits per heavy atom. The summed E-state index contributed by atoms with van der Waals surface area (Å²) in [5.74, 6) is -0.862. The van der Waals surface area contributed by atoms with Crippen molar-refractivity contribution < 1.29 is 29.0 Å². The largest absolute Gasteiger partial charge is 0.508 e. The lowest BCUT2D eigenvalue weighted by molar-refractivity contribution is -0.145. The maximum Gasteiger partial charge on any atom is 0.408 e. The number of hydrogen-bond donors (Lipinski definition) is 3. The molecule has 0 aromatic heterocycles. The summed E-state index contributed by atoms with van der Waals surface area (Å²) in [4.78, 5) is 37.5. The van der Waals surface area contributed by atoms with Crippen molar-refractivity contribution in [2.24, 2.45) is 5.92 Å². The molecule has 0 aliphatic carbocycles. The molecule has 0 fully saturated rings. The second-order valence-electron chi connectivity index (χ2n) is 7.84. The van der Waals surface area contributed by atoms with Gasteiger partial charge in [0.25, 0.3) is 0 Å². The number of benzene rings is 2. The molecule has 0 saturated carbocycles. The summed E-state index contributed by atoms with van der Waals surface area (Å²) in [5, 5.41) is 14.7. The molecule has 0 saturated heterocycles. The topological polar surface area (TPSA) is 114 Å². The van der Waals surface area contributed by atoms with Gasteiger partial charge in [0.1, 0.15) is 24.4 Å². The molecule has 2 aromatic rings. The van der Waals surface area contributed by atoms with Crippen LogP contribution in [0.4, 0.5) is 4.79 Å². The molecule has 2 rings (SSSR count). The summed E-state index contributed by atoms with van der Waals surface area (Å²) < 4.78 is 10.0. The van der Waals surface area contributed by atoms with E-state index in [9.17, 15) is 19.5 Å². The number of methoxy groups -OCH3 is 1. The highest BCUT2D eigenvalue weighted by Crippen LogP contribution is 2.13. The zero-order valence-electron chi connectivity index (χ0n) is 18.5. The van der Waals surface area contributed by atoms with Crippen LogP contribution in [-0.2, 0) is 32.1 Å². The van der Waals surface area contributed by atoms with Gasteiger partial charge in [-0.1, -0.05) is 56.3 Å². The molecule has 2 amide bonds. The van der Waals surface area contributed by atoms with E-state index in [0.29, 0.717) is 12.0 Å². The van der Waals surface area contributed by atoms with Crippen molar-refractivity contribution in [1.82, 2.24) is 10.6 Å². The van der Waals surface area contributed by atoms with Crippen molar-refractivity contribution >= 4 is 18.0 Å². The predicted molar refractivity (Wildman–Crippen MR) is 119 cm³/mol. The molecule has 0 aliphatic rings. The summed E-state index contributed by atoms with van der Waals surface area (Å²) in [7, 11) is 1.26. The fourth-order valence-electron chi connectivity index (χ4n) is 3.08. The van der Waals surface area contributed by atoms with Crippen molar-refractivity contribution in [2.75, 3.05) is 7.11 Å². The van der Waals surface area contributed by atoms with Crippen LogP contribution >= 0.6 is 0 Å². The van der Waals surface area contributed by atoms with Crippen LogP contribution in [0.1, 0.15) is 31.4 Å². The maximum atomic E-state index is 13.0. The Kier molecular flexibility index (Phi) is 9.53. The van der Waals surface area contributed by atoms with E-state index in [4.69, 9.17) is 9.47 Å². The zero-order chi connectivity index (χ0) is 23.5. The molecule has 172 valence electrons. The van der Waals surface area contributed by atoms with Gasteiger partial charge in [-0.25, -0.2) is 9.59 Å². The Morgan fingerprint density at radius 2 is 1.56 bits per heavy atom. The second kappa shape index (κ2) is 12.3. The number of amides is 2. The fourth-order valence-corrected chi connectivity index (χ4v) is 3.08. The lowest BCUT2D eigenvalue weighted by Crippen LogP contribution is -2.53. The third-order valence-corrected chi connectivity index (χ3v) is 4.71. The van der Waals surface area contributed by atoms with E-state index in [2.05, 4.69) is 10.6 Å². The van der Waals surface area contributed by atoms with E-state index in [1.807, 2.05) is 44.2 Å². The number of carbonyl (C=O) groups excluding carboxylic acids is 3. The first-order valence-corrected chi connectivity index (χ1v) is 10.4. The Balaban J connectivity index is 2.10. The summed E-state index contributed by atoms with van der Waals surface area (Å²) >= 11 is 0. The molecule has 0 bridgehead atoms. The number of phenolic OH excluding ortho intramolecular Hbond substituents is 1. The number of nitrogens with one attached hydrogen (secondary N) is 2. The standard InChI is InChI=1S/C24H30N2O6/c1-16(2)13-21(23(29)31-3)25-22(28)20(14-17-9-11-19(27)12-10-17)26-24(30)32-15-18-7-5-4-6-8-18/h4-12,16,20-21,27H,13-15H2,1-3H3,(H,25,28)(H,26,30)/t20-,21+/m1/s1. The lowest BCUT2D eigenvalue weighted by Gasteiger charge is -2.23. The van der Waals surface area contributed by atoms with E-state index >= 15 is 0 Å². The minimum absolute atomic E-state index is 0.0539. The van der Waals surface area contributed by atoms with Crippen molar-refractivity contribution in [1.29, 1.82) is 0 Å². The first kappa shape index (κ1) is 24.7. The summed E-state index contributed by atoms with van der Waals surface area (Å²) in [6.07, 6.45) is -0.225. The van der Waals surface area contributed by atoms with Crippen molar-refractivity contribution in [3.63, 3.8) is 0 Å². The van der Waals surface area contributed by atoms with Gasteiger partial charge in [0.05, 0.1) is 7.11 Å². The quantitative estimate of drug-likeness (QED) is 0.488. The van der Waals surface area contributed by atoms with Crippen LogP contribution < -0.4 is 10.6 Å². The van der Waals surface area contributed by atoms with Gasteiger partial charge in [-0.05, 0) is 35.6 Å². The Hall–Kier alpha value is -3.55. The van der Waals surface area contributed by atoms with Crippen LogP contribution in [0.3, 0.4) is 0 Å². The van der Waals surface area contributed by atoms with E-state index in [0.717, 1.165) is 5.56 Å². The monoisotopic (exact) mass is 442 g/mol. The van der Waals surface area contributed by atoms with E-state index in [1.54, 1.807) is 12.1 Å². The minimum Gasteiger partial charge on any atom is -0.508 e.